The van der Waals surface area contributed by atoms with Crippen LogP contribution in [0.5, 0.6) is 0 Å². The molecule has 0 saturated carbocycles. The smallest absolute Gasteiger partial charge is 0.253 e. The van der Waals surface area contributed by atoms with Crippen molar-refractivity contribution < 1.29 is 4.79 Å². The highest BCUT2D eigenvalue weighted by Gasteiger charge is 2.23. The number of nitrogens with zero attached hydrogens (tertiary/aromatic N) is 4. The average Bonchev–Trinajstić information content (AvgIpc) is 3.02. The molecule has 3 aromatic rings. The molecule has 0 bridgehead atoms. The van der Waals surface area contributed by atoms with Gasteiger partial charge in [0.2, 0.25) is 0 Å². The van der Waals surface area contributed by atoms with Gasteiger partial charge in [0.25, 0.3) is 5.91 Å². The van der Waals surface area contributed by atoms with Crippen molar-refractivity contribution in [2.24, 2.45) is 0 Å². The molecule has 4 rings (SSSR count). The number of amides is 1. The number of rotatable bonds is 5. The fourth-order valence-electron chi connectivity index (χ4n) is 3.96. The SMILES string of the molecule is Cc1nn(Cc2cccc(C(=O)N3CCN(Cc4ccccc4Br)CC3)c2)c(C)c1Cl. The Bertz CT molecular complexity index is 1090. The second-order valence-electron chi connectivity index (χ2n) is 8.00. The van der Waals surface area contributed by atoms with E-state index in [-0.39, 0.29) is 5.91 Å². The number of hydrogen-bond acceptors (Lipinski definition) is 3. The molecule has 0 N–H and O–H groups in total. The number of carbonyl (C=O) groups is 1. The zero-order valence-electron chi connectivity index (χ0n) is 17.8. The maximum atomic E-state index is 13.1. The maximum absolute atomic E-state index is 13.1. The molecule has 162 valence electrons. The first kappa shape index (κ1) is 22.1. The van der Waals surface area contributed by atoms with Crippen LogP contribution in [0.25, 0.3) is 0 Å². The van der Waals surface area contributed by atoms with Crippen LogP contribution in [0.1, 0.15) is 32.9 Å². The molecule has 1 aliphatic rings. The van der Waals surface area contributed by atoms with E-state index in [1.807, 2.05) is 53.8 Å². The van der Waals surface area contributed by atoms with E-state index >= 15 is 0 Å². The van der Waals surface area contributed by atoms with Crippen molar-refractivity contribution in [3.8, 4) is 0 Å². The summed E-state index contributed by atoms with van der Waals surface area (Å²) < 4.78 is 3.02. The Labute approximate surface area is 196 Å². The van der Waals surface area contributed by atoms with Crippen LogP contribution >= 0.6 is 27.5 Å². The third-order valence-corrected chi connectivity index (χ3v) is 7.13. The van der Waals surface area contributed by atoms with E-state index in [0.717, 1.165) is 59.7 Å². The Morgan fingerprint density at radius 2 is 1.77 bits per heavy atom. The minimum Gasteiger partial charge on any atom is -0.336 e. The van der Waals surface area contributed by atoms with E-state index in [1.54, 1.807) is 0 Å². The monoisotopic (exact) mass is 500 g/mol. The summed E-state index contributed by atoms with van der Waals surface area (Å²) in [6.45, 7) is 8.58. The van der Waals surface area contributed by atoms with E-state index in [0.29, 0.717) is 11.6 Å². The Hall–Kier alpha value is -2.15. The van der Waals surface area contributed by atoms with E-state index in [1.165, 1.54) is 5.56 Å². The fourth-order valence-corrected chi connectivity index (χ4v) is 4.51. The Balaban J connectivity index is 1.38. The van der Waals surface area contributed by atoms with Crippen molar-refractivity contribution in [3.05, 3.63) is 86.1 Å². The number of hydrogen-bond donors (Lipinski definition) is 0. The zero-order valence-corrected chi connectivity index (χ0v) is 20.2. The van der Waals surface area contributed by atoms with Crippen LogP contribution in [0.4, 0.5) is 0 Å². The Morgan fingerprint density at radius 3 is 2.45 bits per heavy atom. The van der Waals surface area contributed by atoms with E-state index < -0.39 is 0 Å². The van der Waals surface area contributed by atoms with Crippen molar-refractivity contribution >= 4 is 33.4 Å². The number of aryl methyl sites for hydroxylation is 1. The first-order chi connectivity index (χ1) is 14.9. The molecular weight excluding hydrogens is 476 g/mol. The van der Waals surface area contributed by atoms with Gasteiger partial charge in [-0.3, -0.25) is 14.4 Å². The lowest BCUT2D eigenvalue weighted by Gasteiger charge is -2.35. The van der Waals surface area contributed by atoms with Crippen LogP contribution in [-0.2, 0) is 13.1 Å². The molecule has 2 aromatic carbocycles. The lowest BCUT2D eigenvalue weighted by atomic mass is 10.1. The zero-order chi connectivity index (χ0) is 22.0. The van der Waals surface area contributed by atoms with Crippen molar-refractivity contribution in [3.63, 3.8) is 0 Å². The lowest BCUT2D eigenvalue weighted by molar-refractivity contribution is 0.0628. The summed E-state index contributed by atoms with van der Waals surface area (Å²) in [5.41, 5.74) is 4.81. The van der Waals surface area contributed by atoms with E-state index in [9.17, 15) is 4.79 Å². The number of piperazine rings is 1. The molecule has 0 spiro atoms. The molecule has 0 aliphatic carbocycles. The number of halogens is 2. The van der Waals surface area contributed by atoms with Crippen molar-refractivity contribution in [1.82, 2.24) is 19.6 Å². The first-order valence-corrected chi connectivity index (χ1v) is 11.6. The van der Waals surface area contributed by atoms with Gasteiger partial charge < -0.3 is 4.90 Å². The predicted octanol–water partition coefficient (Wildman–Crippen LogP) is 4.92. The third kappa shape index (κ3) is 5.03. The number of benzene rings is 2. The largest absolute Gasteiger partial charge is 0.336 e. The molecule has 1 fully saturated rings. The van der Waals surface area contributed by atoms with E-state index in [2.05, 4.69) is 44.1 Å². The van der Waals surface area contributed by atoms with Crippen LogP contribution in [0.15, 0.2) is 53.0 Å². The van der Waals surface area contributed by atoms with Crippen LogP contribution in [-0.4, -0.2) is 51.7 Å². The summed E-state index contributed by atoms with van der Waals surface area (Å²) in [6, 6.07) is 16.1. The highest BCUT2D eigenvalue weighted by Crippen LogP contribution is 2.21. The van der Waals surface area contributed by atoms with Crippen LogP contribution in [0, 0.1) is 13.8 Å². The van der Waals surface area contributed by atoms with Gasteiger partial charge in [0.1, 0.15) is 0 Å². The van der Waals surface area contributed by atoms with Gasteiger partial charge >= 0.3 is 0 Å². The molecule has 1 aliphatic heterocycles. The van der Waals surface area contributed by atoms with E-state index in [4.69, 9.17) is 11.6 Å². The number of aromatic nitrogens is 2. The normalized spacial score (nSPS) is 14.8. The minimum atomic E-state index is 0.0915. The van der Waals surface area contributed by atoms with Gasteiger partial charge in [-0.25, -0.2) is 0 Å². The Morgan fingerprint density at radius 1 is 1.03 bits per heavy atom. The second-order valence-corrected chi connectivity index (χ2v) is 9.23. The van der Waals surface area contributed by atoms with Gasteiger partial charge in [-0.05, 0) is 43.2 Å². The highest BCUT2D eigenvalue weighted by molar-refractivity contribution is 9.10. The molecule has 0 atom stereocenters. The standard InChI is InChI=1S/C24H26BrClN4O/c1-17-23(26)18(2)30(27-17)15-19-6-5-8-20(14-19)24(31)29-12-10-28(11-13-29)16-21-7-3-4-9-22(21)25/h3-9,14H,10-13,15-16H2,1-2H3. The Kier molecular flexibility index (Phi) is 6.80. The number of carbonyl (C=O) groups excluding carboxylic acids is 1. The summed E-state index contributed by atoms with van der Waals surface area (Å²) in [5.74, 6) is 0.0915. The molecular formula is C24H26BrClN4O. The molecule has 0 radical (unpaired) electrons. The summed E-state index contributed by atoms with van der Waals surface area (Å²) in [5, 5.41) is 5.20. The average molecular weight is 502 g/mol. The third-order valence-electron chi connectivity index (χ3n) is 5.81. The van der Waals surface area contributed by atoms with Crippen LogP contribution < -0.4 is 0 Å². The van der Waals surface area contributed by atoms with Crippen LogP contribution in [0.3, 0.4) is 0 Å². The molecule has 1 saturated heterocycles. The summed E-state index contributed by atoms with van der Waals surface area (Å²) in [6.07, 6.45) is 0. The molecule has 31 heavy (non-hydrogen) atoms. The minimum absolute atomic E-state index is 0.0915. The summed E-state index contributed by atoms with van der Waals surface area (Å²) in [4.78, 5) is 17.5. The van der Waals surface area contributed by atoms with Crippen molar-refractivity contribution in [1.29, 1.82) is 0 Å². The second kappa shape index (κ2) is 9.55. The summed E-state index contributed by atoms with van der Waals surface area (Å²) >= 11 is 9.89. The van der Waals surface area contributed by atoms with Gasteiger partial charge in [-0.2, -0.15) is 5.10 Å². The predicted molar refractivity (Wildman–Crippen MR) is 128 cm³/mol. The van der Waals surface area contributed by atoms with Crippen LogP contribution in [0.2, 0.25) is 5.02 Å². The van der Waals surface area contributed by atoms with Crippen molar-refractivity contribution in [2.75, 3.05) is 26.2 Å². The topological polar surface area (TPSA) is 41.4 Å². The molecule has 2 heterocycles. The highest BCUT2D eigenvalue weighted by atomic mass is 79.9. The fraction of sp³-hybridized carbons (Fsp3) is 0.333. The molecule has 5 nitrogen and oxygen atoms in total. The molecule has 0 unspecified atom stereocenters. The quantitative estimate of drug-likeness (QED) is 0.498. The summed E-state index contributed by atoms with van der Waals surface area (Å²) in [7, 11) is 0. The first-order valence-electron chi connectivity index (χ1n) is 10.5. The van der Waals surface area contributed by atoms with Gasteiger partial charge in [0.05, 0.1) is 23.0 Å². The van der Waals surface area contributed by atoms with Gasteiger partial charge in [0.15, 0.2) is 0 Å². The maximum Gasteiger partial charge on any atom is 0.253 e. The van der Waals surface area contributed by atoms with Gasteiger partial charge in [-0.15, -0.1) is 0 Å². The lowest BCUT2D eigenvalue weighted by Crippen LogP contribution is -2.48. The molecule has 1 aromatic heterocycles. The van der Waals surface area contributed by atoms with Gasteiger partial charge in [0, 0.05) is 42.8 Å². The van der Waals surface area contributed by atoms with Crippen molar-refractivity contribution in [2.45, 2.75) is 26.9 Å². The molecule has 7 heteroatoms. The van der Waals surface area contributed by atoms with Gasteiger partial charge in [-0.1, -0.05) is 57.9 Å². The molecule has 1 amide bonds.